The molecule has 0 radical (unpaired) electrons. The molecular weight excluding hydrogens is 592 g/mol. The van der Waals surface area contributed by atoms with E-state index in [0.29, 0.717) is 29.8 Å². The lowest BCUT2D eigenvalue weighted by Gasteiger charge is -2.39. The molecule has 3 aliphatic rings. The van der Waals surface area contributed by atoms with Gasteiger partial charge in [-0.3, -0.25) is 4.79 Å². The topological polar surface area (TPSA) is 102 Å². The van der Waals surface area contributed by atoms with E-state index in [1.54, 1.807) is 38.4 Å². The number of nitrogens with zero attached hydrogens (tertiary/aromatic N) is 3. The zero-order chi connectivity index (χ0) is 31.9. The van der Waals surface area contributed by atoms with Gasteiger partial charge >= 0.3 is 5.97 Å². The highest BCUT2D eigenvalue weighted by molar-refractivity contribution is 6.30. The molecule has 0 bridgehead atoms. The second-order valence-electron chi connectivity index (χ2n) is 11.7. The van der Waals surface area contributed by atoms with Gasteiger partial charge in [-0.15, -0.1) is 0 Å². The van der Waals surface area contributed by atoms with E-state index in [1.807, 2.05) is 41.3 Å². The van der Waals surface area contributed by atoms with Crippen LogP contribution in [0.5, 0.6) is 0 Å². The molecule has 0 saturated carbocycles. The molecule has 2 unspecified atom stereocenters. The number of fused-ring (bicyclic) bond motifs is 1. The SMILES string of the molecule is CNc1ccc(C(=O)O)cc1.COC1CCN(c2cccc3c2CCN(C(=O)C2CCN(c4cccc(Cl)c4)C2)C3C=O)CC1. The van der Waals surface area contributed by atoms with E-state index < -0.39 is 12.0 Å². The molecule has 2 fully saturated rings. The molecule has 10 heteroatoms. The molecule has 45 heavy (non-hydrogen) atoms. The highest BCUT2D eigenvalue weighted by Gasteiger charge is 2.38. The number of methoxy groups -OCH3 is 1. The van der Waals surface area contributed by atoms with Crippen LogP contribution in [-0.2, 0) is 20.7 Å². The Bertz CT molecular complexity index is 1490. The first-order chi connectivity index (χ1) is 21.8. The first-order valence-electron chi connectivity index (χ1n) is 15.5. The van der Waals surface area contributed by atoms with Crippen molar-refractivity contribution in [1.82, 2.24) is 4.90 Å². The first kappa shape index (κ1) is 32.3. The van der Waals surface area contributed by atoms with Crippen LogP contribution in [0.25, 0.3) is 0 Å². The molecule has 238 valence electrons. The molecule has 3 aromatic rings. The summed E-state index contributed by atoms with van der Waals surface area (Å²) in [6.45, 7) is 3.95. The van der Waals surface area contributed by atoms with Crippen molar-refractivity contribution in [3.63, 3.8) is 0 Å². The molecule has 0 spiro atoms. The molecule has 9 nitrogen and oxygen atoms in total. The Hall–Kier alpha value is -4.08. The Balaban J connectivity index is 0.000000309. The lowest BCUT2D eigenvalue weighted by atomic mass is 9.89. The number of halogens is 1. The third kappa shape index (κ3) is 7.43. The lowest BCUT2D eigenvalue weighted by Crippen LogP contribution is -2.45. The summed E-state index contributed by atoms with van der Waals surface area (Å²) >= 11 is 6.16. The molecule has 1 amide bonds. The minimum atomic E-state index is -0.896. The number of anilines is 3. The Morgan fingerprint density at radius 1 is 0.956 bits per heavy atom. The number of amides is 1. The molecule has 0 aromatic heterocycles. The molecule has 6 rings (SSSR count). The van der Waals surface area contributed by atoms with E-state index in [1.165, 1.54) is 11.3 Å². The highest BCUT2D eigenvalue weighted by atomic mass is 35.5. The molecular formula is C35H41ClN4O5. The molecule has 3 heterocycles. The number of carboxylic acid groups (broad SMARTS) is 1. The van der Waals surface area contributed by atoms with Crippen molar-refractivity contribution in [2.75, 3.05) is 62.0 Å². The number of benzene rings is 3. The molecule has 3 aromatic carbocycles. The smallest absolute Gasteiger partial charge is 0.335 e. The second kappa shape index (κ2) is 14.8. The van der Waals surface area contributed by atoms with Gasteiger partial charge in [0.25, 0.3) is 0 Å². The number of piperidine rings is 1. The molecule has 0 aliphatic carbocycles. The van der Waals surface area contributed by atoms with Crippen molar-refractivity contribution in [1.29, 1.82) is 0 Å². The Morgan fingerprint density at radius 2 is 1.67 bits per heavy atom. The summed E-state index contributed by atoms with van der Waals surface area (Å²) in [6.07, 6.45) is 4.84. The van der Waals surface area contributed by atoms with E-state index in [2.05, 4.69) is 21.2 Å². The van der Waals surface area contributed by atoms with Crippen LogP contribution in [0.1, 0.15) is 46.8 Å². The van der Waals surface area contributed by atoms with Crippen LogP contribution in [-0.4, -0.2) is 81.2 Å². The van der Waals surface area contributed by atoms with Gasteiger partial charge in [0.05, 0.1) is 17.6 Å². The number of carboxylic acids is 1. The van der Waals surface area contributed by atoms with Gasteiger partial charge in [-0.1, -0.05) is 29.8 Å². The first-order valence-corrected chi connectivity index (χ1v) is 15.9. The van der Waals surface area contributed by atoms with Crippen LogP contribution in [0.15, 0.2) is 66.7 Å². The highest BCUT2D eigenvalue weighted by Crippen LogP contribution is 2.37. The van der Waals surface area contributed by atoms with Gasteiger partial charge in [-0.25, -0.2) is 4.79 Å². The monoisotopic (exact) mass is 632 g/mol. The number of hydrogen-bond donors (Lipinski definition) is 2. The minimum absolute atomic E-state index is 0.0820. The average Bonchev–Trinajstić information content (AvgIpc) is 3.58. The number of nitrogens with one attached hydrogen (secondary N) is 1. The second-order valence-corrected chi connectivity index (χ2v) is 12.1. The fourth-order valence-corrected chi connectivity index (χ4v) is 6.77. The standard InChI is InChI=1S/C27H32ClN3O3.C8H9NO2/c1-34-22-9-13-29(14-10-22)25-7-3-6-23-24(25)11-15-31(26(23)18-32)27(33)19-8-12-30(17-19)21-5-2-4-20(28)16-21;1-9-7-4-2-6(3-5-7)8(10)11/h2-7,16,18-19,22,26H,8-15,17H2,1H3;2-5,9H,1H3,(H,10,11). The van der Waals surface area contributed by atoms with Crippen molar-refractivity contribution in [2.45, 2.75) is 37.8 Å². The maximum atomic E-state index is 13.6. The van der Waals surface area contributed by atoms with Crippen LogP contribution in [0.3, 0.4) is 0 Å². The maximum Gasteiger partial charge on any atom is 0.335 e. The predicted octanol–water partition coefficient (Wildman–Crippen LogP) is 5.53. The van der Waals surface area contributed by atoms with E-state index in [4.69, 9.17) is 21.4 Å². The average molecular weight is 633 g/mol. The number of ether oxygens (including phenoxy) is 1. The van der Waals surface area contributed by atoms with Gasteiger partial charge in [0.2, 0.25) is 5.91 Å². The van der Waals surface area contributed by atoms with Gasteiger partial charge in [0.1, 0.15) is 12.3 Å². The zero-order valence-electron chi connectivity index (χ0n) is 25.8. The summed E-state index contributed by atoms with van der Waals surface area (Å²) in [5.41, 5.74) is 5.66. The fourth-order valence-electron chi connectivity index (χ4n) is 6.59. The van der Waals surface area contributed by atoms with E-state index in [9.17, 15) is 14.4 Å². The Morgan fingerprint density at radius 3 is 2.31 bits per heavy atom. The summed E-state index contributed by atoms with van der Waals surface area (Å²) in [5, 5.41) is 12.1. The maximum absolute atomic E-state index is 13.6. The van der Waals surface area contributed by atoms with E-state index in [0.717, 1.165) is 68.5 Å². The van der Waals surface area contributed by atoms with E-state index in [-0.39, 0.29) is 11.8 Å². The normalized spacial score (nSPS) is 19.8. The lowest BCUT2D eigenvalue weighted by molar-refractivity contribution is -0.140. The van der Waals surface area contributed by atoms with Crippen LogP contribution in [0.2, 0.25) is 5.02 Å². The largest absolute Gasteiger partial charge is 0.478 e. The summed E-state index contributed by atoms with van der Waals surface area (Å²) < 4.78 is 5.53. The Labute approximate surface area is 269 Å². The predicted molar refractivity (Wildman–Crippen MR) is 178 cm³/mol. The summed E-state index contributed by atoms with van der Waals surface area (Å²) in [5.74, 6) is -0.925. The summed E-state index contributed by atoms with van der Waals surface area (Å²) in [4.78, 5) is 42.7. The minimum Gasteiger partial charge on any atom is -0.478 e. The van der Waals surface area contributed by atoms with Crippen LogP contribution in [0.4, 0.5) is 17.1 Å². The molecule has 2 saturated heterocycles. The van der Waals surface area contributed by atoms with Gasteiger partial charge in [-0.05, 0) is 85.3 Å². The van der Waals surface area contributed by atoms with Crippen molar-refractivity contribution in [3.8, 4) is 0 Å². The fraction of sp³-hybridized carbons (Fsp3) is 0.400. The molecule has 2 N–H and O–H groups in total. The van der Waals surface area contributed by atoms with Gasteiger partial charge < -0.3 is 34.7 Å². The molecule has 3 aliphatic heterocycles. The Kier molecular flexibility index (Phi) is 10.6. The van der Waals surface area contributed by atoms with Crippen LogP contribution in [0, 0.1) is 5.92 Å². The van der Waals surface area contributed by atoms with E-state index >= 15 is 0 Å². The number of aldehydes is 1. The van der Waals surface area contributed by atoms with Crippen molar-refractivity contribution < 1.29 is 24.2 Å². The number of aromatic carboxylic acids is 1. The third-order valence-electron chi connectivity index (χ3n) is 9.10. The van der Waals surface area contributed by atoms with Gasteiger partial charge in [0.15, 0.2) is 0 Å². The van der Waals surface area contributed by atoms with Crippen molar-refractivity contribution >= 4 is 46.8 Å². The summed E-state index contributed by atoms with van der Waals surface area (Å²) in [6, 6.07) is 20.0. The summed E-state index contributed by atoms with van der Waals surface area (Å²) in [7, 11) is 3.57. The van der Waals surface area contributed by atoms with Gasteiger partial charge in [0, 0.05) is 69.0 Å². The quantitative estimate of drug-likeness (QED) is 0.328. The number of hydrogen-bond acceptors (Lipinski definition) is 7. The van der Waals surface area contributed by atoms with Crippen LogP contribution >= 0.6 is 11.6 Å². The molecule has 2 atom stereocenters. The third-order valence-corrected chi connectivity index (χ3v) is 9.34. The van der Waals surface area contributed by atoms with Crippen molar-refractivity contribution in [2.24, 2.45) is 5.92 Å². The van der Waals surface area contributed by atoms with Crippen molar-refractivity contribution in [3.05, 3.63) is 88.4 Å². The number of rotatable bonds is 7. The van der Waals surface area contributed by atoms with Gasteiger partial charge in [-0.2, -0.15) is 0 Å². The number of carbonyl (C=O) groups excluding carboxylic acids is 2. The van der Waals surface area contributed by atoms with Crippen LogP contribution < -0.4 is 15.1 Å². The zero-order valence-corrected chi connectivity index (χ0v) is 26.6. The number of carbonyl (C=O) groups is 3.